The first-order valence-electron chi connectivity index (χ1n) is 10.9. The lowest BCUT2D eigenvalue weighted by atomic mass is 9.98. The minimum atomic E-state index is -0.543. The number of ketones is 1. The number of aromatic amines is 1. The molecule has 33 heavy (non-hydrogen) atoms. The number of nitrogens with zero attached hydrogens (tertiary/aromatic N) is 3. The summed E-state index contributed by atoms with van der Waals surface area (Å²) in [4.78, 5) is 51.7. The topological polar surface area (TPSA) is 117 Å². The molecule has 4 rings (SSSR count). The van der Waals surface area contributed by atoms with Crippen LogP contribution in [-0.4, -0.2) is 62.9 Å². The smallest absolute Gasteiger partial charge is 0.410 e. The number of rotatable bonds is 5. The van der Waals surface area contributed by atoms with Gasteiger partial charge in [-0.1, -0.05) is 6.07 Å². The number of carbonyl (C=O) groups excluding carboxylic acids is 3. The van der Waals surface area contributed by atoms with Crippen molar-refractivity contribution in [3.05, 3.63) is 46.0 Å². The highest BCUT2D eigenvalue weighted by atomic mass is 32.1. The number of pyridine rings is 1. The third-order valence-corrected chi connectivity index (χ3v) is 6.18. The van der Waals surface area contributed by atoms with Crippen LogP contribution in [0.5, 0.6) is 0 Å². The number of amides is 2. The molecule has 2 N–H and O–H groups in total. The lowest BCUT2D eigenvalue weighted by Gasteiger charge is -2.34. The van der Waals surface area contributed by atoms with E-state index in [-0.39, 0.29) is 29.5 Å². The Morgan fingerprint density at radius 2 is 2.12 bits per heavy atom. The van der Waals surface area contributed by atoms with E-state index >= 15 is 0 Å². The first kappa shape index (κ1) is 22.9. The summed E-state index contributed by atoms with van der Waals surface area (Å²) in [6.07, 6.45) is 2.95. The first-order chi connectivity index (χ1) is 15.7. The highest BCUT2D eigenvalue weighted by molar-refractivity contribution is 7.12. The molecule has 9 nitrogen and oxygen atoms in total. The van der Waals surface area contributed by atoms with Crippen molar-refractivity contribution < 1.29 is 19.1 Å². The second kappa shape index (κ2) is 9.30. The van der Waals surface area contributed by atoms with Gasteiger partial charge < -0.3 is 19.9 Å². The zero-order valence-electron chi connectivity index (χ0n) is 18.9. The average Bonchev–Trinajstić information content (AvgIpc) is 3.46. The van der Waals surface area contributed by atoms with Gasteiger partial charge in [-0.2, -0.15) is 0 Å². The van der Waals surface area contributed by atoms with Gasteiger partial charge >= 0.3 is 6.09 Å². The summed E-state index contributed by atoms with van der Waals surface area (Å²) in [6.45, 7) is 7.14. The van der Waals surface area contributed by atoms with Crippen LogP contribution in [0.25, 0.3) is 11.2 Å². The summed E-state index contributed by atoms with van der Waals surface area (Å²) in [5, 5.41) is 4.77. The lowest BCUT2D eigenvalue weighted by Crippen LogP contribution is -2.45. The number of carbonyl (C=O) groups is 3. The Kier molecular flexibility index (Phi) is 6.46. The Bertz CT molecular complexity index is 1170. The number of nitrogens with one attached hydrogen (secondary N) is 2. The molecule has 3 aromatic heterocycles. The minimum Gasteiger partial charge on any atom is -0.444 e. The fraction of sp³-hybridized carbons (Fsp3) is 0.435. The number of hydrogen-bond acceptors (Lipinski definition) is 7. The molecule has 0 aromatic carbocycles. The molecule has 1 fully saturated rings. The lowest BCUT2D eigenvalue weighted by molar-refractivity contribution is 0.0167. The molecule has 0 radical (unpaired) electrons. The number of aromatic nitrogens is 3. The van der Waals surface area contributed by atoms with Gasteiger partial charge in [0.1, 0.15) is 11.1 Å². The van der Waals surface area contributed by atoms with Crippen LogP contribution in [0.1, 0.15) is 59.5 Å². The van der Waals surface area contributed by atoms with Gasteiger partial charge in [-0.05, 0) is 57.0 Å². The maximum Gasteiger partial charge on any atom is 0.410 e. The molecule has 1 atom stereocenters. The van der Waals surface area contributed by atoms with Crippen molar-refractivity contribution in [3.8, 4) is 0 Å². The van der Waals surface area contributed by atoms with E-state index in [9.17, 15) is 14.4 Å². The third kappa shape index (κ3) is 5.39. The van der Waals surface area contributed by atoms with Crippen molar-refractivity contribution in [2.45, 2.75) is 39.2 Å². The molecule has 0 saturated carbocycles. The summed E-state index contributed by atoms with van der Waals surface area (Å²) in [7, 11) is 0. The second-order valence-electron chi connectivity index (χ2n) is 9.09. The zero-order chi connectivity index (χ0) is 23.6. The Morgan fingerprint density at radius 3 is 2.85 bits per heavy atom. The van der Waals surface area contributed by atoms with E-state index < -0.39 is 5.60 Å². The van der Waals surface area contributed by atoms with Gasteiger partial charge in [0.2, 0.25) is 5.78 Å². The van der Waals surface area contributed by atoms with Gasteiger partial charge in [-0.15, -0.1) is 11.3 Å². The fourth-order valence-electron chi connectivity index (χ4n) is 3.78. The van der Waals surface area contributed by atoms with Crippen LogP contribution in [0.2, 0.25) is 0 Å². The molecule has 0 spiro atoms. The summed E-state index contributed by atoms with van der Waals surface area (Å²) < 4.78 is 5.47. The van der Waals surface area contributed by atoms with E-state index in [1.54, 1.807) is 23.1 Å². The summed E-state index contributed by atoms with van der Waals surface area (Å²) in [5.74, 6) is -0.250. The molecule has 1 aliphatic heterocycles. The monoisotopic (exact) mass is 469 g/mol. The number of ether oxygens (including phenoxy) is 1. The van der Waals surface area contributed by atoms with E-state index in [0.29, 0.717) is 41.2 Å². The molecular formula is C23H27N5O4S. The molecule has 1 aliphatic rings. The quantitative estimate of drug-likeness (QED) is 0.551. The Balaban J connectivity index is 1.42. The van der Waals surface area contributed by atoms with Crippen molar-refractivity contribution >= 4 is 40.3 Å². The van der Waals surface area contributed by atoms with Crippen LogP contribution in [0, 0.1) is 5.92 Å². The maximum atomic E-state index is 12.9. The molecule has 4 heterocycles. The molecule has 1 saturated heterocycles. The maximum absolute atomic E-state index is 12.9. The van der Waals surface area contributed by atoms with Gasteiger partial charge in [0.15, 0.2) is 11.5 Å². The number of likely N-dealkylation sites (tertiary alicyclic amines) is 1. The SMILES string of the molecule is CC(C)(C)OC(=O)N1CCC[C@@H](CNC(=O)c2ccnc3[nH]c(C(=O)c4cccs4)nc23)C1. The van der Waals surface area contributed by atoms with Crippen molar-refractivity contribution in [3.63, 3.8) is 0 Å². The molecule has 0 aliphatic carbocycles. The standard InChI is InChI=1S/C23H27N5O4S/c1-23(2,3)32-22(31)28-10-4-6-14(13-28)12-25-21(30)15-8-9-24-19-17(15)26-20(27-19)18(29)16-7-5-11-33-16/h5,7-9,11,14H,4,6,10,12-13H2,1-3H3,(H,25,30)(H,24,26,27)/t14-/m0/s1. The molecular weight excluding hydrogens is 442 g/mol. The Morgan fingerprint density at radius 1 is 1.30 bits per heavy atom. The van der Waals surface area contributed by atoms with Gasteiger partial charge in [-0.3, -0.25) is 9.59 Å². The predicted molar refractivity (Wildman–Crippen MR) is 125 cm³/mol. The second-order valence-corrected chi connectivity index (χ2v) is 10.0. The number of thiophene rings is 1. The van der Waals surface area contributed by atoms with Crippen molar-refractivity contribution in [2.75, 3.05) is 19.6 Å². The normalized spacial score (nSPS) is 16.6. The molecule has 174 valence electrons. The highest BCUT2D eigenvalue weighted by Gasteiger charge is 2.28. The van der Waals surface area contributed by atoms with Crippen LogP contribution in [0.15, 0.2) is 29.8 Å². The number of piperidine rings is 1. The van der Waals surface area contributed by atoms with Crippen molar-refractivity contribution in [1.82, 2.24) is 25.2 Å². The Hall–Kier alpha value is -3.27. The highest BCUT2D eigenvalue weighted by Crippen LogP contribution is 2.21. The molecule has 0 bridgehead atoms. The van der Waals surface area contributed by atoms with E-state index in [0.717, 1.165) is 12.8 Å². The fourth-order valence-corrected chi connectivity index (χ4v) is 4.45. The zero-order valence-corrected chi connectivity index (χ0v) is 19.7. The molecule has 3 aromatic rings. The Labute approximate surface area is 195 Å². The van der Waals surface area contributed by atoms with Crippen LogP contribution < -0.4 is 5.32 Å². The number of imidazole rings is 1. The van der Waals surface area contributed by atoms with Crippen molar-refractivity contribution in [1.29, 1.82) is 0 Å². The van der Waals surface area contributed by atoms with Crippen LogP contribution >= 0.6 is 11.3 Å². The van der Waals surface area contributed by atoms with E-state index in [4.69, 9.17) is 4.74 Å². The minimum absolute atomic E-state index is 0.127. The largest absolute Gasteiger partial charge is 0.444 e. The van der Waals surface area contributed by atoms with Crippen molar-refractivity contribution in [2.24, 2.45) is 5.92 Å². The summed E-state index contributed by atoms with van der Waals surface area (Å²) >= 11 is 1.33. The first-order valence-corrected chi connectivity index (χ1v) is 11.8. The summed E-state index contributed by atoms with van der Waals surface area (Å²) in [6, 6.07) is 5.12. The van der Waals surface area contributed by atoms with Gasteiger partial charge in [-0.25, -0.2) is 14.8 Å². The van der Waals surface area contributed by atoms with Gasteiger partial charge in [0, 0.05) is 25.8 Å². The van der Waals surface area contributed by atoms with E-state index in [2.05, 4.69) is 20.3 Å². The number of H-pyrrole nitrogens is 1. The van der Waals surface area contributed by atoms with Gasteiger partial charge in [0.05, 0.1) is 10.4 Å². The third-order valence-electron chi connectivity index (χ3n) is 5.31. The summed E-state index contributed by atoms with van der Waals surface area (Å²) in [5.41, 5.74) is 0.546. The molecule has 2 amide bonds. The van der Waals surface area contributed by atoms with E-state index in [1.807, 2.05) is 26.2 Å². The predicted octanol–water partition coefficient (Wildman–Crippen LogP) is 3.63. The van der Waals surface area contributed by atoms with Gasteiger partial charge in [0.25, 0.3) is 5.91 Å². The molecule has 10 heteroatoms. The number of hydrogen-bond donors (Lipinski definition) is 2. The molecule has 0 unspecified atom stereocenters. The van der Waals surface area contributed by atoms with Crippen LogP contribution in [0.3, 0.4) is 0 Å². The number of fused-ring (bicyclic) bond motifs is 1. The van der Waals surface area contributed by atoms with Crippen LogP contribution in [0.4, 0.5) is 4.79 Å². The average molecular weight is 470 g/mol. The van der Waals surface area contributed by atoms with Crippen LogP contribution in [-0.2, 0) is 4.74 Å². The van der Waals surface area contributed by atoms with E-state index in [1.165, 1.54) is 17.5 Å².